The minimum atomic E-state index is -4.00. The molecular formula is C17H18BrNO5S. The molecule has 0 bridgehead atoms. The Morgan fingerprint density at radius 2 is 1.84 bits per heavy atom. The van der Waals surface area contributed by atoms with Gasteiger partial charge in [0.1, 0.15) is 16.4 Å². The van der Waals surface area contributed by atoms with Gasteiger partial charge >= 0.3 is 10.1 Å². The number of anilines is 1. The summed E-state index contributed by atoms with van der Waals surface area (Å²) in [7, 11) is -4.00. The van der Waals surface area contributed by atoms with E-state index in [2.05, 4.69) is 21.2 Å². The van der Waals surface area contributed by atoms with Crippen molar-refractivity contribution in [3.05, 3.63) is 46.9 Å². The predicted molar refractivity (Wildman–Crippen MR) is 98.5 cm³/mol. The molecular weight excluding hydrogens is 410 g/mol. The highest BCUT2D eigenvalue weighted by atomic mass is 79.9. The number of carbonyl (C=O) groups is 1. The molecule has 0 aliphatic carbocycles. The lowest BCUT2D eigenvalue weighted by Gasteiger charge is -2.11. The molecule has 1 N–H and O–H groups in total. The van der Waals surface area contributed by atoms with E-state index < -0.39 is 10.1 Å². The first-order valence-corrected chi connectivity index (χ1v) is 9.76. The number of rotatable bonds is 7. The van der Waals surface area contributed by atoms with E-state index in [1.807, 2.05) is 6.92 Å². The highest BCUT2D eigenvalue weighted by Gasteiger charge is 2.19. The average molecular weight is 428 g/mol. The molecule has 0 aromatic heterocycles. The molecule has 0 atom stereocenters. The number of carbonyl (C=O) groups excluding carboxylic acids is 1. The molecule has 2 aromatic rings. The summed E-state index contributed by atoms with van der Waals surface area (Å²) in [6, 6.07) is 10.5. The van der Waals surface area contributed by atoms with E-state index in [-0.39, 0.29) is 16.6 Å². The van der Waals surface area contributed by atoms with Crippen LogP contribution in [0, 0.1) is 0 Å². The molecule has 0 fully saturated rings. The van der Waals surface area contributed by atoms with Gasteiger partial charge in [-0.1, -0.05) is 6.92 Å². The van der Waals surface area contributed by atoms with Gasteiger partial charge in [0, 0.05) is 18.7 Å². The zero-order valence-electron chi connectivity index (χ0n) is 13.8. The van der Waals surface area contributed by atoms with Crippen LogP contribution in [0.25, 0.3) is 0 Å². The second-order valence-electron chi connectivity index (χ2n) is 5.18. The van der Waals surface area contributed by atoms with Crippen LogP contribution in [0.1, 0.15) is 20.3 Å². The van der Waals surface area contributed by atoms with Gasteiger partial charge < -0.3 is 14.2 Å². The van der Waals surface area contributed by atoms with E-state index in [4.69, 9.17) is 8.92 Å². The standard InChI is InChI=1S/C17H18BrNO5S/c1-3-10-23-17-11-15(8-9-16(17)18)25(21,22)24-14-6-4-13(5-7-14)19-12(2)20/h4-9,11H,3,10H2,1-2H3,(H,19,20). The molecule has 0 saturated carbocycles. The third-order valence-electron chi connectivity index (χ3n) is 3.03. The molecule has 25 heavy (non-hydrogen) atoms. The lowest BCUT2D eigenvalue weighted by Crippen LogP contribution is -2.10. The number of benzene rings is 2. The highest BCUT2D eigenvalue weighted by Crippen LogP contribution is 2.29. The molecule has 0 unspecified atom stereocenters. The fourth-order valence-electron chi connectivity index (χ4n) is 1.93. The molecule has 8 heteroatoms. The Morgan fingerprint density at radius 3 is 2.44 bits per heavy atom. The summed E-state index contributed by atoms with van der Waals surface area (Å²) in [5.74, 6) is 0.372. The van der Waals surface area contributed by atoms with Crippen molar-refractivity contribution in [2.24, 2.45) is 0 Å². The summed E-state index contributed by atoms with van der Waals surface area (Å²) >= 11 is 3.33. The predicted octanol–water partition coefficient (Wildman–Crippen LogP) is 3.96. The van der Waals surface area contributed by atoms with Gasteiger partial charge in [-0.3, -0.25) is 4.79 Å². The Morgan fingerprint density at radius 1 is 1.16 bits per heavy atom. The molecule has 0 saturated heterocycles. The SMILES string of the molecule is CCCOc1cc(S(=O)(=O)Oc2ccc(NC(C)=O)cc2)ccc1Br. The van der Waals surface area contributed by atoms with Crippen molar-refractivity contribution in [3.8, 4) is 11.5 Å². The van der Waals surface area contributed by atoms with Gasteiger partial charge in [-0.2, -0.15) is 8.42 Å². The minimum Gasteiger partial charge on any atom is -0.492 e. The van der Waals surface area contributed by atoms with Crippen molar-refractivity contribution in [2.75, 3.05) is 11.9 Å². The summed E-state index contributed by atoms with van der Waals surface area (Å²) in [5, 5.41) is 2.59. The molecule has 134 valence electrons. The van der Waals surface area contributed by atoms with Crippen LogP contribution in [0.4, 0.5) is 5.69 Å². The maximum Gasteiger partial charge on any atom is 0.339 e. The normalized spacial score (nSPS) is 11.0. The van der Waals surface area contributed by atoms with Gasteiger partial charge in [0.15, 0.2) is 0 Å². The van der Waals surface area contributed by atoms with Crippen molar-refractivity contribution in [1.29, 1.82) is 0 Å². The molecule has 0 radical (unpaired) electrons. The second kappa shape index (κ2) is 8.35. The van der Waals surface area contributed by atoms with Crippen LogP contribution in [0.3, 0.4) is 0 Å². The Bertz CT molecular complexity index is 850. The topological polar surface area (TPSA) is 81.7 Å². The number of hydrogen-bond acceptors (Lipinski definition) is 5. The summed E-state index contributed by atoms with van der Waals surface area (Å²) in [6.07, 6.45) is 0.806. The van der Waals surface area contributed by atoms with Crippen molar-refractivity contribution in [3.63, 3.8) is 0 Å². The molecule has 2 rings (SSSR count). The van der Waals surface area contributed by atoms with Crippen LogP contribution in [0.5, 0.6) is 11.5 Å². The molecule has 6 nitrogen and oxygen atoms in total. The average Bonchev–Trinajstić information content (AvgIpc) is 2.55. The van der Waals surface area contributed by atoms with E-state index in [9.17, 15) is 13.2 Å². The summed E-state index contributed by atoms with van der Waals surface area (Å²) < 4.78 is 36.2. The maximum absolute atomic E-state index is 12.4. The van der Waals surface area contributed by atoms with E-state index in [0.29, 0.717) is 22.5 Å². The minimum absolute atomic E-state index is 0.00672. The summed E-state index contributed by atoms with van der Waals surface area (Å²) in [5.41, 5.74) is 0.552. The molecule has 0 aliphatic heterocycles. The van der Waals surface area contributed by atoms with Gasteiger partial charge in [0.25, 0.3) is 0 Å². The summed E-state index contributed by atoms with van der Waals surface area (Å²) in [6.45, 7) is 3.83. The van der Waals surface area contributed by atoms with Crippen LogP contribution in [-0.2, 0) is 14.9 Å². The lowest BCUT2D eigenvalue weighted by atomic mass is 10.3. The van der Waals surface area contributed by atoms with E-state index in [1.165, 1.54) is 31.2 Å². The van der Waals surface area contributed by atoms with Gasteiger partial charge in [0.2, 0.25) is 5.91 Å². The number of nitrogens with one attached hydrogen (secondary N) is 1. The molecule has 0 aliphatic rings. The van der Waals surface area contributed by atoms with Gasteiger partial charge in [-0.25, -0.2) is 0 Å². The van der Waals surface area contributed by atoms with E-state index in [1.54, 1.807) is 18.2 Å². The van der Waals surface area contributed by atoms with Crippen molar-refractivity contribution >= 4 is 37.6 Å². The quantitative estimate of drug-likeness (QED) is 0.676. The zero-order chi connectivity index (χ0) is 18.4. The molecule has 2 aromatic carbocycles. The third kappa shape index (κ3) is 5.47. The maximum atomic E-state index is 12.4. The van der Waals surface area contributed by atoms with Gasteiger partial charge in [0.05, 0.1) is 11.1 Å². The number of halogens is 1. The van der Waals surface area contributed by atoms with Gasteiger partial charge in [-0.05, 0) is 58.7 Å². The van der Waals surface area contributed by atoms with E-state index in [0.717, 1.165) is 6.42 Å². The fourth-order valence-corrected chi connectivity index (χ4v) is 3.24. The van der Waals surface area contributed by atoms with Crippen LogP contribution in [0.15, 0.2) is 51.8 Å². The molecule has 1 amide bonds. The van der Waals surface area contributed by atoms with Gasteiger partial charge in [-0.15, -0.1) is 0 Å². The van der Waals surface area contributed by atoms with Crippen LogP contribution in [0.2, 0.25) is 0 Å². The highest BCUT2D eigenvalue weighted by molar-refractivity contribution is 9.10. The largest absolute Gasteiger partial charge is 0.492 e. The molecule has 0 heterocycles. The number of amides is 1. The second-order valence-corrected chi connectivity index (χ2v) is 7.58. The van der Waals surface area contributed by atoms with Crippen molar-refractivity contribution in [1.82, 2.24) is 0 Å². The van der Waals surface area contributed by atoms with Crippen LogP contribution >= 0.6 is 15.9 Å². The van der Waals surface area contributed by atoms with Crippen molar-refractivity contribution < 1.29 is 22.1 Å². The smallest absolute Gasteiger partial charge is 0.339 e. The Hall–Kier alpha value is -2.06. The van der Waals surface area contributed by atoms with Crippen LogP contribution in [-0.4, -0.2) is 20.9 Å². The number of ether oxygens (including phenoxy) is 1. The number of hydrogen-bond donors (Lipinski definition) is 1. The molecule has 0 spiro atoms. The van der Waals surface area contributed by atoms with Crippen LogP contribution < -0.4 is 14.2 Å². The Kier molecular flexibility index (Phi) is 6.44. The fraction of sp³-hybridized carbons (Fsp3) is 0.235. The lowest BCUT2D eigenvalue weighted by molar-refractivity contribution is -0.114. The Labute approximate surface area is 155 Å². The Balaban J connectivity index is 2.19. The first kappa shape index (κ1) is 19.3. The first-order chi connectivity index (χ1) is 11.8. The zero-order valence-corrected chi connectivity index (χ0v) is 16.2. The first-order valence-electron chi connectivity index (χ1n) is 7.56. The monoisotopic (exact) mass is 427 g/mol. The third-order valence-corrected chi connectivity index (χ3v) is 4.93. The summed E-state index contributed by atoms with van der Waals surface area (Å²) in [4.78, 5) is 11.0. The van der Waals surface area contributed by atoms with Crippen molar-refractivity contribution in [2.45, 2.75) is 25.2 Å². The van der Waals surface area contributed by atoms with E-state index >= 15 is 0 Å².